The number of phenolic OH excluding ortho intramolecular Hbond substituents is 2. The van der Waals surface area contributed by atoms with E-state index in [4.69, 9.17) is 4.74 Å². The molecule has 0 aliphatic carbocycles. The fourth-order valence-electron chi connectivity index (χ4n) is 4.54. The lowest BCUT2D eigenvalue weighted by Gasteiger charge is -2.33. The lowest BCUT2D eigenvalue weighted by molar-refractivity contribution is -0.376. The van der Waals surface area contributed by atoms with E-state index in [0.29, 0.717) is 37.0 Å². The number of ether oxygens (including phenoxy) is 1. The van der Waals surface area contributed by atoms with Crippen LogP contribution in [0.2, 0.25) is 0 Å². The quantitative estimate of drug-likeness (QED) is 0.157. The smallest absolute Gasteiger partial charge is 0.430 e. The van der Waals surface area contributed by atoms with Crippen LogP contribution in [0.5, 0.6) is 17.2 Å². The number of hydrogen-bond donors (Lipinski definition) is 5. The number of phenols is 2. The molecule has 0 radical (unpaired) electrons. The minimum Gasteiger partial charge on any atom is -0.504 e. The third kappa shape index (κ3) is 5.73. The largest absolute Gasteiger partial charge is 0.504 e. The lowest BCUT2D eigenvalue weighted by atomic mass is 9.90. The number of aryl methyl sites for hydroxylation is 1. The molecule has 1 saturated heterocycles. The fourth-order valence-corrected chi connectivity index (χ4v) is 4.54. The van der Waals surface area contributed by atoms with E-state index < -0.39 is 47.1 Å². The molecule has 2 aromatic rings. The van der Waals surface area contributed by atoms with Crippen LogP contribution in [0.15, 0.2) is 36.4 Å². The molecule has 2 atom stereocenters. The molecule has 222 valence electrons. The molecule has 1 aliphatic rings. The second kappa shape index (κ2) is 11.2. The van der Waals surface area contributed by atoms with E-state index in [9.17, 15) is 51.6 Å². The first-order valence-electron chi connectivity index (χ1n) is 12.4. The third-order valence-corrected chi connectivity index (χ3v) is 6.88. The van der Waals surface area contributed by atoms with Gasteiger partial charge in [0, 0.05) is 12.1 Å². The number of unbranched alkanes of at least 4 members (excludes halogenated alkanes) is 1. The summed E-state index contributed by atoms with van der Waals surface area (Å²) in [6, 6.07) is 5.44. The van der Waals surface area contributed by atoms with Gasteiger partial charge >= 0.3 is 18.4 Å². The minimum atomic E-state index is -6.00. The van der Waals surface area contributed by atoms with Crippen LogP contribution in [0.25, 0.3) is 0 Å². The van der Waals surface area contributed by atoms with Crippen molar-refractivity contribution in [2.75, 3.05) is 13.2 Å². The van der Waals surface area contributed by atoms with Crippen LogP contribution in [0.1, 0.15) is 49.8 Å². The van der Waals surface area contributed by atoms with Gasteiger partial charge in [-0.05, 0) is 61.6 Å². The molecule has 2 amide bonds. The zero-order chi connectivity index (χ0) is 30.1. The monoisotopic (exact) mass is 580 g/mol. The van der Waals surface area contributed by atoms with Gasteiger partial charge in [0.05, 0.1) is 6.61 Å². The number of carbonyl (C=O) groups is 1. The number of aromatic hydroxyl groups is 2. The molecule has 2 unspecified atom stereocenters. The highest BCUT2D eigenvalue weighted by Gasteiger charge is 2.71. The molecule has 14 heteroatoms. The Morgan fingerprint density at radius 2 is 1.65 bits per heavy atom. The average molecular weight is 581 g/mol. The van der Waals surface area contributed by atoms with E-state index in [0.717, 1.165) is 11.0 Å². The third-order valence-electron chi connectivity index (χ3n) is 6.88. The Morgan fingerprint density at radius 3 is 2.23 bits per heavy atom. The van der Waals surface area contributed by atoms with Gasteiger partial charge < -0.3 is 30.5 Å². The fraction of sp³-hybridized carbons (Fsp3) is 0.500. The summed E-state index contributed by atoms with van der Waals surface area (Å²) in [6.45, 7) is 3.31. The van der Waals surface area contributed by atoms with E-state index in [-0.39, 0.29) is 36.6 Å². The molecule has 5 N–H and O–H groups in total. The molecular weight excluding hydrogens is 550 g/mol. The summed E-state index contributed by atoms with van der Waals surface area (Å²) < 4.78 is 85.3. The van der Waals surface area contributed by atoms with E-state index in [2.05, 4.69) is 5.32 Å². The predicted molar refractivity (Wildman–Crippen MR) is 130 cm³/mol. The Balaban J connectivity index is 1.64. The SMILES string of the molecule is CCCc1cc(C(O)(C(F)(F)F)C(F)(F)F)ccc1OCCCCN1C(=O)NC(C)(c2ccc(O)c(O)c2)C1O. The van der Waals surface area contributed by atoms with Crippen LogP contribution in [0.4, 0.5) is 31.1 Å². The molecule has 1 fully saturated rings. The van der Waals surface area contributed by atoms with Gasteiger partial charge in [-0.3, -0.25) is 4.90 Å². The number of benzene rings is 2. The van der Waals surface area contributed by atoms with Gasteiger partial charge in [0.25, 0.3) is 5.60 Å². The van der Waals surface area contributed by atoms with Crippen molar-refractivity contribution in [3.05, 3.63) is 53.1 Å². The zero-order valence-electron chi connectivity index (χ0n) is 21.6. The molecule has 2 aromatic carbocycles. The number of aliphatic hydroxyl groups excluding tert-OH is 1. The number of alkyl halides is 6. The molecule has 1 aliphatic heterocycles. The highest BCUT2D eigenvalue weighted by atomic mass is 19.4. The molecule has 3 rings (SSSR count). The molecule has 0 aromatic heterocycles. The first-order valence-corrected chi connectivity index (χ1v) is 12.4. The summed E-state index contributed by atoms with van der Waals surface area (Å²) in [5.74, 6) is -0.722. The van der Waals surface area contributed by atoms with Crippen molar-refractivity contribution in [3.63, 3.8) is 0 Å². The summed E-state index contributed by atoms with van der Waals surface area (Å²) in [5, 5.41) is 42.5. The van der Waals surface area contributed by atoms with E-state index in [1.807, 2.05) is 0 Å². The molecule has 40 heavy (non-hydrogen) atoms. The van der Waals surface area contributed by atoms with E-state index in [1.54, 1.807) is 13.8 Å². The summed E-state index contributed by atoms with van der Waals surface area (Å²) in [6.07, 6.45) is -12.2. The predicted octanol–water partition coefficient (Wildman–Crippen LogP) is 4.78. The van der Waals surface area contributed by atoms with Crippen molar-refractivity contribution in [1.82, 2.24) is 10.2 Å². The van der Waals surface area contributed by atoms with Crippen molar-refractivity contribution < 1.29 is 56.3 Å². The summed E-state index contributed by atoms with van der Waals surface area (Å²) in [7, 11) is 0. The minimum absolute atomic E-state index is 0.00747. The van der Waals surface area contributed by atoms with Gasteiger partial charge in [0.2, 0.25) is 0 Å². The molecule has 1 heterocycles. The van der Waals surface area contributed by atoms with Crippen molar-refractivity contribution >= 4 is 6.03 Å². The standard InChI is InChI=1S/C26H30F6N2O6/c1-3-6-15-13-17(24(39,25(27,28)29)26(30,31)32)8-10-20(15)40-12-5-4-11-34-21(37)23(2,33-22(34)38)16-7-9-18(35)19(36)14-16/h7-10,13-14,21,35-37,39H,3-6,11-12H2,1-2H3,(H,33,38). The Morgan fingerprint density at radius 1 is 1.00 bits per heavy atom. The molecule has 8 nitrogen and oxygen atoms in total. The van der Waals surface area contributed by atoms with Gasteiger partial charge in [-0.1, -0.05) is 25.5 Å². The van der Waals surface area contributed by atoms with Crippen LogP contribution in [-0.2, 0) is 17.6 Å². The Hall–Kier alpha value is -3.39. The van der Waals surface area contributed by atoms with Gasteiger partial charge in [-0.15, -0.1) is 0 Å². The Bertz CT molecular complexity index is 1210. The van der Waals surface area contributed by atoms with Crippen LogP contribution in [0, 0.1) is 0 Å². The second-order valence-corrected chi connectivity index (χ2v) is 9.74. The maximum Gasteiger partial charge on any atom is 0.430 e. The molecule has 0 bridgehead atoms. The average Bonchev–Trinajstić information content (AvgIpc) is 3.08. The summed E-state index contributed by atoms with van der Waals surface area (Å²) in [4.78, 5) is 13.7. The Kier molecular flexibility index (Phi) is 8.75. The number of rotatable bonds is 10. The molecular formula is C26H30F6N2O6. The van der Waals surface area contributed by atoms with Crippen LogP contribution < -0.4 is 10.1 Å². The highest BCUT2D eigenvalue weighted by Crippen LogP contribution is 2.50. The van der Waals surface area contributed by atoms with E-state index in [1.165, 1.54) is 18.2 Å². The number of nitrogens with zero attached hydrogens (tertiary/aromatic N) is 1. The van der Waals surface area contributed by atoms with E-state index >= 15 is 0 Å². The maximum absolute atomic E-state index is 13.3. The van der Waals surface area contributed by atoms with Crippen LogP contribution >= 0.6 is 0 Å². The topological polar surface area (TPSA) is 122 Å². The normalized spacial score (nSPS) is 20.1. The van der Waals surface area contributed by atoms with Gasteiger partial charge in [-0.2, -0.15) is 26.3 Å². The van der Waals surface area contributed by atoms with Crippen molar-refractivity contribution in [3.8, 4) is 17.2 Å². The van der Waals surface area contributed by atoms with Crippen LogP contribution in [-0.4, -0.2) is 63.1 Å². The molecule has 0 saturated carbocycles. The first-order chi connectivity index (χ1) is 18.5. The first kappa shape index (κ1) is 31.1. The Labute approximate surface area is 225 Å². The zero-order valence-corrected chi connectivity index (χ0v) is 21.6. The number of urea groups is 1. The van der Waals surface area contributed by atoms with Gasteiger partial charge in [0.15, 0.2) is 17.7 Å². The number of amides is 2. The second-order valence-electron chi connectivity index (χ2n) is 9.74. The van der Waals surface area contributed by atoms with Gasteiger partial charge in [0.1, 0.15) is 11.3 Å². The maximum atomic E-state index is 13.3. The summed E-state index contributed by atoms with van der Waals surface area (Å²) >= 11 is 0. The molecule has 0 spiro atoms. The van der Waals surface area contributed by atoms with Crippen molar-refractivity contribution in [2.24, 2.45) is 0 Å². The number of aliphatic hydroxyl groups is 2. The number of carbonyl (C=O) groups excluding carboxylic acids is 1. The number of nitrogens with one attached hydrogen (secondary N) is 1. The lowest BCUT2D eigenvalue weighted by Crippen LogP contribution is -2.53. The van der Waals surface area contributed by atoms with Crippen molar-refractivity contribution in [1.29, 1.82) is 0 Å². The number of hydrogen-bond acceptors (Lipinski definition) is 6. The van der Waals surface area contributed by atoms with Gasteiger partial charge in [-0.25, -0.2) is 4.79 Å². The van der Waals surface area contributed by atoms with Crippen molar-refractivity contribution in [2.45, 2.75) is 69.3 Å². The number of halogens is 6. The van der Waals surface area contributed by atoms with Crippen LogP contribution in [0.3, 0.4) is 0 Å². The highest BCUT2D eigenvalue weighted by molar-refractivity contribution is 5.79. The summed E-state index contributed by atoms with van der Waals surface area (Å²) in [5.41, 5.74) is -7.27.